The second kappa shape index (κ2) is 9.45. The molecule has 4 heteroatoms. The standard InChI is InChI=1S/C14H12NS.2Li/c16-14(13-9-5-2-6-10-13)15-11-12-7-3-1-4-8-12;;/h1-11H,(H,15,16);;/q;;+1/p-1. The first-order valence-corrected chi connectivity index (χ1v) is 5.45. The van der Waals surface area contributed by atoms with Crippen molar-refractivity contribution in [3.63, 3.8) is 0 Å². The Kier molecular flexibility index (Phi) is 9.20. The van der Waals surface area contributed by atoms with Crippen molar-refractivity contribution in [1.82, 2.24) is 0 Å². The Morgan fingerprint density at radius 3 is 1.94 bits per heavy atom. The molecule has 0 unspecified atom stereocenters. The van der Waals surface area contributed by atoms with Crippen LogP contribution < -0.4 is 18.9 Å². The van der Waals surface area contributed by atoms with E-state index >= 15 is 0 Å². The maximum Gasteiger partial charge on any atom is 1.00 e. The Bertz CT molecular complexity index is 472. The number of rotatable bonds is 3. The fourth-order valence-electron chi connectivity index (χ4n) is 1.33. The molecule has 0 N–H and O–H groups in total. The van der Waals surface area contributed by atoms with E-state index < -0.39 is 0 Å². The van der Waals surface area contributed by atoms with Gasteiger partial charge in [0, 0.05) is 18.9 Å². The van der Waals surface area contributed by atoms with E-state index in [1.165, 1.54) is 0 Å². The number of benzene rings is 2. The topological polar surface area (TPSA) is 12.4 Å². The van der Waals surface area contributed by atoms with E-state index in [9.17, 15) is 0 Å². The van der Waals surface area contributed by atoms with E-state index in [0.29, 0.717) is 5.04 Å². The number of aliphatic imine (C=N–C) groups is 1. The van der Waals surface area contributed by atoms with Gasteiger partial charge in [-0.1, -0.05) is 65.7 Å². The average Bonchev–Trinajstić information content (AvgIpc) is 2.38. The molecule has 0 heterocycles. The first kappa shape index (κ1) is 17.5. The van der Waals surface area contributed by atoms with Gasteiger partial charge in [0.2, 0.25) is 0 Å². The van der Waals surface area contributed by atoms with Crippen molar-refractivity contribution in [2.24, 2.45) is 4.99 Å². The van der Waals surface area contributed by atoms with Gasteiger partial charge >= 0.3 is 18.9 Å². The number of nitrogens with zero attached hydrogens (tertiary/aromatic N) is 1. The molecule has 0 fully saturated rings. The molecule has 0 aliphatic carbocycles. The van der Waals surface area contributed by atoms with Crippen LogP contribution in [0.3, 0.4) is 0 Å². The van der Waals surface area contributed by atoms with E-state index in [1.807, 2.05) is 60.7 Å². The fraction of sp³-hybridized carbons (Fsp3) is 0. The summed E-state index contributed by atoms with van der Waals surface area (Å²) in [5.41, 5.74) is 2.03. The van der Waals surface area contributed by atoms with Gasteiger partial charge in [-0.3, -0.25) is 0 Å². The predicted octanol–water partition coefficient (Wildman–Crippen LogP) is -0.187. The minimum Gasteiger partial charge on any atom is -0.760 e. The molecule has 2 rings (SSSR count). The van der Waals surface area contributed by atoms with Crippen LogP contribution >= 0.6 is 0 Å². The molecule has 0 saturated heterocycles. The molecule has 0 amide bonds. The first-order valence-electron chi connectivity index (χ1n) is 5.05. The number of hydrogen-bond donors (Lipinski definition) is 0. The van der Waals surface area contributed by atoms with Crippen LogP contribution in [0.5, 0.6) is 0 Å². The van der Waals surface area contributed by atoms with Gasteiger partial charge in [0.05, 0.1) is 6.54 Å². The molecule has 0 saturated carbocycles. The third kappa shape index (κ3) is 5.45. The van der Waals surface area contributed by atoms with Crippen LogP contribution in [0.1, 0.15) is 11.1 Å². The SMILES string of the molecule is [Li+].[Li].[S-]C(=N[CH]c1ccccc1)c1ccccc1. The van der Waals surface area contributed by atoms with Crippen LogP contribution in [0.25, 0.3) is 0 Å². The Morgan fingerprint density at radius 1 is 0.889 bits per heavy atom. The second-order valence-corrected chi connectivity index (χ2v) is 3.73. The quantitative estimate of drug-likeness (QED) is 0.313. The molecule has 80 valence electrons. The van der Waals surface area contributed by atoms with Crippen LogP contribution in [0.2, 0.25) is 0 Å². The molecule has 0 spiro atoms. The summed E-state index contributed by atoms with van der Waals surface area (Å²) < 4.78 is 0. The third-order valence-electron chi connectivity index (χ3n) is 2.15. The summed E-state index contributed by atoms with van der Waals surface area (Å²) in [5, 5.41) is 0.615. The van der Waals surface area contributed by atoms with Gasteiger partial charge < -0.3 is 17.6 Å². The summed E-state index contributed by atoms with van der Waals surface area (Å²) in [7, 11) is 0. The summed E-state index contributed by atoms with van der Waals surface area (Å²) in [5.74, 6) is 0. The molecule has 0 atom stereocenters. The Hall–Kier alpha value is -0.475. The van der Waals surface area contributed by atoms with Gasteiger partial charge in [-0.25, -0.2) is 0 Å². The average molecular weight is 239 g/mol. The van der Waals surface area contributed by atoms with E-state index in [0.717, 1.165) is 11.1 Å². The normalized spacial score (nSPS) is 10.1. The van der Waals surface area contributed by atoms with Crippen molar-refractivity contribution in [1.29, 1.82) is 0 Å². The van der Waals surface area contributed by atoms with Gasteiger partial charge in [-0.2, -0.15) is 0 Å². The van der Waals surface area contributed by atoms with Crippen LogP contribution in [-0.4, -0.2) is 23.9 Å². The molecule has 0 aliphatic rings. The zero-order chi connectivity index (χ0) is 11.2. The number of hydrogen-bond acceptors (Lipinski definition) is 2. The van der Waals surface area contributed by atoms with Gasteiger partial charge in [0.25, 0.3) is 0 Å². The molecular weight excluding hydrogens is 228 g/mol. The van der Waals surface area contributed by atoms with Crippen LogP contribution in [0.15, 0.2) is 65.7 Å². The molecule has 0 bridgehead atoms. The maximum absolute atomic E-state index is 5.22. The molecule has 1 nitrogen and oxygen atoms in total. The van der Waals surface area contributed by atoms with E-state index in [1.54, 1.807) is 6.54 Å². The summed E-state index contributed by atoms with van der Waals surface area (Å²) in [4.78, 5) is 4.27. The van der Waals surface area contributed by atoms with Crippen LogP contribution in [-0.2, 0) is 12.6 Å². The van der Waals surface area contributed by atoms with Crippen molar-refractivity contribution in [3.05, 3.63) is 78.3 Å². The monoisotopic (exact) mass is 239 g/mol. The minimum absolute atomic E-state index is 0. The van der Waals surface area contributed by atoms with Gasteiger partial charge in [0.1, 0.15) is 0 Å². The van der Waals surface area contributed by atoms with Crippen molar-refractivity contribution in [3.8, 4) is 0 Å². The van der Waals surface area contributed by atoms with Crippen molar-refractivity contribution in [2.45, 2.75) is 0 Å². The zero-order valence-corrected chi connectivity index (χ0v) is 11.5. The Balaban J connectivity index is 0.00000144. The summed E-state index contributed by atoms with van der Waals surface area (Å²) in [6.07, 6.45) is 0. The Morgan fingerprint density at radius 2 is 1.39 bits per heavy atom. The molecule has 0 aliphatic heterocycles. The summed E-state index contributed by atoms with van der Waals surface area (Å²) in [6.45, 7) is 1.79. The zero-order valence-electron chi connectivity index (χ0n) is 10.7. The van der Waals surface area contributed by atoms with E-state index in [2.05, 4.69) is 4.99 Å². The van der Waals surface area contributed by atoms with Crippen LogP contribution in [0.4, 0.5) is 0 Å². The van der Waals surface area contributed by atoms with Crippen LogP contribution in [0, 0.1) is 6.54 Å². The fourth-order valence-corrected chi connectivity index (χ4v) is 1.52. The molecule has 18 heavy (non-hydrogen) atoms. The maximum atomic E-state index is 5.22. The Labute approximate surface area is 138 Å². The van der Waals surface area contributed by atoms with Crippen molar-refractivity contribution in [2.75, 3.05) is 0 Å². The van der Waals surface area contributed by atoms with Gasteiger partial charge in [-0.15, -0.1) is 0 Å². The van der Waals surface area contributed by atoms with Gasteiger partial charge in [-0.05, 0) is 11.1 Å². The van der Waals surface area contributed by atoms with E-state index in [-0.39, 0.29) is 37.7 Å². The first-order chi connectivity index (χ1) is 7.86. The second-order valence-electron chi connectivity index (χ2n) is 3.34. The summed E-state index contributed by atoms with van der Waals surface area (Å²) in [6, 6.07) is 19.7. The summed E-state index contributed by atoms with van der Waals surface area (Å²) >= 11 is 5.22. The van der Waals surface area contributed by atoms with E-state index in [4.69, 9.17) is 12.6 Å². The minimum atomic E-state index is 0. The molecule has 2 radical (unpaired) electrons. The predicted molar refractivity (Wildman–Crippen MR) is 75.9 cm³/mol. The molecule has 2 aromatic carbocycles. The van der Waals surface area contributed by atoms with Crippen molar-refractivity contribution < 1.29 is 18.9 Å². The molecular formula is C14H11Li2NS. The van der Waals surface area contributed by atoms with Gasteiger partial charge in [0.15, 0.2) is 0 Å². The third-order valence-corrected chi connectivity index (χ3v) is 2.49. The molecule has 2 aromatic rings. The largest absolute Gasteiger partial charge is 1.00 e. The molecule has 0 aromatic heterocycles. The smallest absolute Gasteiger partial charge is 0.760 e. The van der Waals surface area contributed by atoms with Crippen molar-refractivity contribution >= 4 is 36.5 Å².